The van der Waals surface area contributed by atoms with Gasteiger partial charge in [0, 0.05) is 22.3 Å². The van der Waals surface area contributed by atoms with Gasteiger partial charge in [0.1, 0.15) is 6.54 Å². The van der Waals surface area contributed by atoms with Crippen molar-refractivity contribution in [3.05, 3.63) is 68.6 Å². The highest BCUT2D eigenvalue weighted by Gasteiger charge is 2.21. The third-order valence-electron chi connectivity index (χ3n) is 3.66. The topological polar surface area (TPSA) is 77.4 Å². The van der Waals surface area contributed by atoms with Gasteiger partial charge in [-0.15, -0.1) is 0 Å². The highest BCUT2D eigenvalue weighted by Crippen LogP contribution is 2.26. The number of pyridine rings is 1. The average Bonchev–Trinajstić information content (AvgIpc) is 2.56. The predicted molar refractivity (Wildman–Crippen MR) is 99.3 cm³/mol. The van der Waals surface area contributed by atoms with Crippen molar-refractivity contribution in [1.82, 2.24) is 9.88 Å². The molecule has 0 fully saturated rings. The summed E-state index contributed by atoms with van der Waals surface area (Å²) in [6.45, 7) is 2.94. The lowest BCUT2D eigenvalue weighted by molar-refractivity contribution is -0.155. The Hall–Kier alpha value is -2.31. The maximum Gasteiger partial charge on any atom is 0.326 e. The Kier molecular flexibility index (Phi) is 6.83. The molecule has 1 amide bonds. The minimum absolute atomic E-state index is 0.268. The van der Waals surface area contributed by atoms with Crippen LogP contribution in [0.1, 0.15) is 25.5 Å². The summed E-state index contributed by atoms with van der Waals surface area (Å²) in [7, 11) is 0. The van der Waals surface area contributed by atoms with E-state index in [1.54, 1.807) is 37.3 Å². The normalized spacial score (nSPS) is 12.9. The number of carbonyl (C=O) groups excluding carboxylic acids is 2. The molecule has 0 spiro atoms. The molecule has 0 radical (unpaired) electrons. The second-order valence-corrected chi connectivity index (χ2v) is 6.54. The van der Waals surface area contributed by atoms with Gasteiger partial charge in [0.05, 0.1) is 6.04 Å². The number of halogens is 2. The molecule has 6 nitrogen and oxygen atoms in total. The van der Waals surface area contributed by atoms with Gasteiger partial charge in [-0.1, -0.05) is 35.3 Å². The van der Waals surface area contributed by atoms with Crippen LogP contribution < -0.4 is 10.9 Å². The highest BCUT2D eigenvalue weighted by atomic mass is 35.5. The van der Waals surface area contributed by atoms with Crippen LogP contribution in [0, 0.1) is 0 Å². The van der Waals surface area contributed by atoms with E-state index < -0.39 is 24.0 Å². The molecule has 1 aromatic heterocycles. The summed E-state index contributed by atoms with van der Waals surface area (Å²) in [6, 6.07) is 9.11. The Morgan fingerprint density at radius 1 is 1.19 bits per heavy atom. The summed E-state index contributed by atoms with van der Waals surface area (Å²) in [4.78, 5) is 35.7. The Morgan fingerprint density at radius 3 is 2.58 bits per heavy atom. The van der Waals surface area contributed by atoms with E-state index in [4.69, 9.17) is 27.9 Å². The zero-order valence-corrected chi connectivity index (χ0v) is 15.8. The van der Waals surface area contributed by atoms with Gasteiger partial charge < -0.3 is 14.6 Å². The molecule has 2 atom stereocenters. The monoisotopic (exact) mass is 396 g/mol. The van der Waals surface area contributed by atoms with Crippen LogP contribution in [0.25, 0.3) is 0 Å². The fourth-order valence-electron chi connectivity index (χ4n) is 2.28. The number of esters is 1. The molecule has 138 valence electrons. The number of ether oxygens (including phenoxy) is 1. The van der Waals surface area contributed by atoms with Crippen molar-refractivity contribution in [3.63, 3.8) is 0 Å². The van der Waals surface area contributed by atoms with Gasteiger partial charge in [0.25, 0.3) is 11.5 Å². The molecule has 0 unspecified atom stereocenters. The lowest BCUT2D eigenvalue weighted by atomic mass is 10.1. The molecule has 1 aromatic carbocycles. The fraction of sp³-hybridized carbons (Fsp3) is 0.278. The minimum atomic E-state index is -1.02. The van der Waals surface area contributed by atoms with Crippen molar-refractivity contribution in [2.45, 2.75) is 32.5 Å². The maximum absolute atomic E-state index is 12.2. The highest BCUT2D eigenvalue weighted by molar-refractivity contribution is 6.35. The average molecular weight is 397 g/mol. The first-order valence-electron chi connectivity index (χ1n) is 7.88. The van der Waals surface area contributed by atoms with E-state index in [-0.39, 0.29) is 12.1 Å². The fourth-order valence-corrected chi connectivity index (χ4v) is 2.85. The Bertz CT molecular complexity index is 866. The summed E-state index contributed by atoms with van der Waals surface area (Å²) in [6.07, 6.45) is 0.453. The molecule has 0 saturated carbocycles. The standard InChI is InChI=1S/C18H18Cl2N2O4/c1-11(14-7-6-13(19)9-15(14)20)21-18(25)12(2)26-17(24)10-22-8-4-3-5-16(22)23/h3-9,11-12H,10H2,1-2H3,(H,21,25)/t11-,12-/m0/s1. The Morgan fingerprint density at radius 2 is 1.92 bits per heavy atom. The summed E-state index contributed by atoms with van der Waals surface area (Å²) < 4.78 is 6.29. The Balaban J connectivity index is 1.93. The number of benzene rings is 1. The third-order valence-corrected chi connectivity index (χ3v) is 4.23. The van der Waals surface area contributed by atoms with Crippen LogP contribution in [0.3, 0.4) is 0 Å². The SMILES string of the molecule is C[C@H](OC(=O)Cn1ccccc1=O)C(=O)N[C@@H](C)c1ccc(Cl)cc1Cl. The van der Waals surface area contributed by atoms with E-state index in [0.717, 1.165) is 0 Å². The number of amides is 1. The third kappa shape index (κ3) is 5.34. The molecular formula is C18H18Cl2N2O4. The lowest BCUT2D eigenvalue weighted by Gasteiger charge is -2.19. The van der Waals surface area contributed by atoms with Crippen LogP contribution in [-0.4, -0.2) is 22.5 Å². The molecule has 1 N–H and O–H groups in total. The molecule has 1 heterocycles. The van der Waals surface area contributed by atoms with Crippen molar-refractivity contribution in [3.8, 4) is 0 Å². The van der Waals surface area contributed by atoms with Crippen LogP contribution in [-0.2, 0) is 20.9 Å². The first kappa shape index (κ1) is 20.0. The molecule has 2 rings (SSSR count). The van der Waals surface area contributed by atoms with Gasteiger partial charge in [-0.25, -0.2) is 0 Å². The zero-order chi connectivity index (χ0) is 19.3. The maximum atomic E-state index is 12.2. The summed E-state index contributed by atoms with van der Waals surface area (Å²) in [5.41, 5.74) is 0.367. The first-order chi connectivity index (χ1) is 12.3. The smallest absolute Gasteiger partial charge is 0.326 e. The quantitative estimate of drug-likeness (QED) is 0.761. The predicted octanol–water partition coefficient (Wildman–Crippen LogP) is 2.96. The van der Waals surface area contributed by atoms with Crippen LogP contribution in [0.5, 0.6) is 0 Å². The largest absolute Gasteiger partial charge is 0.451 e. The van der Waals surface area contributed by atoms with E-state index in [0.29, 0.717) is 15.6 Å². The Labute approximate surface area is 160 Å². The number of nitrogens with zero attached hydrogens (tertiary/aromatic N) is 1. The molecule has 0 saturated heterocycles. The van der Waals surface area contributed by atoms with E-state index in [2.05, 4.69) is 5.32 Å². The molecule has 0 aliphatic heterocycles. The summed E-state index contributed by atoms with van der Waals surface area (Å²) in [5.74, 6) is -1.16. The summed E-state index contributed by atoms with van der Waals surface area (Å²) in [5, 5.41) is 3.65. The molecule has 2 aromatic rings. The van der Waals surface area contributed by atoms with Crippen molar-refractivity contribution in [2.24, 2.45) is 0 Å². The van der Waals surface area contributed by atoms with E-state index in [1.807, 2.05) is 0 Å². The molecule has 0 bridgehead atoms. The van der Waals surface area contributed by atoms with Gasteiger partial charge in [-0.3, -0.25) is 14.4 Å². The van der Waals surface area contributed by atoms with Crippen LogP contribution in [0.15, 0.2) is 47.4 Å². The van der Waals surface area contributed by atoms with Crippen molar-refractivity contribution in [1.29, 1.82) is 0 Å². The van der Waals surface area contributed by atoms with Crippen LogP contribution >= 0.6 is 23.2 Å². The second-order valence-electron chi connectivity index (χ2n) is 5.69. The van der Waals surface area contributed by atoms with Crippen molar-refractivity contribution >= 4 is 35.1 Å². The van der Waals surface area contributed by atoms with Gasteiger partial charge in [0.15, 0.2) is 6.10 Å². The zero-order valence-electron chi connectivity index (χ0n) is 14.2. The van der Waals surface area contributed by atoms with E-state index in [9.17, 15) is 14.4 Å². The number of carbonyl (C=O) groups is 2. The second kappa shape index (κ2) is 8.87. The van der Waals surface area contributed by atoms with Crippen LogP contribution in [0.2, 0.25) is 10.0 Å². The minimum Gasteiger partial charge on any atom is -0.451 e. The van der Waals surface area contributed by atoms with Gasteiger partial charge in [-0.2, -0.15) is 0 Å². The number of rotatable bonds is 6. The number of hydrogen-bond donors (Lipinski definition) is 1. The van der Waals surface area contributed by atoms with Gasteiger partial charge >= 0.3 is 5.97 Å². The van der Waals surface area contributed by atoms with Gasteiger partial charge in [0.2, 0.25) is 0 Å². The molecule has 0 aliphatic rings. The lowest BCUT2D eigenvalue weighted by Crippen LogP contribution is -2.38. The molecular weight excluding hydrogens is 379 g/mol. The number of nitrogens with one attached hydrogen (secondary N) is 1. The van der Waals surface area contributed by atoms with Gasteiger partial charge in [-0.05, 0) is 37.6 Å². The number of hydrogen-bond acceptors (Lipinski definition) is 4. The van der Waals surface area contributed by atoms with Crippen LogP contribution in [0.4, 0.5) is 0 Å². The van der Waals surface area contributed by atoms with E-state index in [1.165, 1.54) is 23.8 Å². The van der Waals surface area contributed by atoms with E-state index >= 15 is 0 Å². The molecule has 26 heavy (non-hydrogen) atoms. The van der Waals surface area contributed by atoms with Crippen molar-refractivity contribution in [2.75, 3.05) is 0 Å². The number of aromatic nitrogens is 1. The summed E-state index contributed by atoms with van der Waals surface area (Å²) >= 11 is 12.0. The van der Waals surface area contributed by atoms with Crippen molar-refractivity contribution < 1.29 is 14.3 Å². The first-order valence-corrected chi connectivity index (χ1v) is 8.64. The molecule has 8 heteroatoms. The molecule has 0 aliphatic carbocycles.